The molecule has 0 spiro atoms. The van der Waals surface area contributed by atoms with Gasteiger partial charge in [-0.15, -0.1) is 0 Å². The highest BCUT2D eigenvalue weighted by Gasteiger charge is 2.27. The first kappa shape index (κ1) is 13.7. The standard InChI is InChI=1S/C20H15NO2/c22-18(13-6-2-1-3-7-13)12-17-15-10-4-8-14-9-5-11-16(19(14)15)20(23)21-17/h1-11,17H,12H2,(H,21,23). The number of ketones is 1. The SMILES string of the molecule is O=C(CC1NC(=O)c2cccc3cccc1c23)c1ccccc1. The maximum absolute atomic E-state index is 12.5. The van der Waals surface area contributed by atoms with Gasteiger partial charge < -0.3 is 5.32 Å². The maximum atomic E-state index is 12.5. The van der Waals surface area contributed by atoms with E-state index in [9.17, 15) is 9.59 Å². The molecular formula is C20H15NO2. The number of hydrogen-bond acceptors (Lipinski definition) is 2. The molecule has 4 rings (SSSR count). The maximum Gasteiger partial charge on any atom is 0.252 e. The van der Waals surface area contributed by atoms with Gasteiger partial charge in [0.15, 0.2) is 5.78 Å². The Bertz CT molecular complexity index is 910. The summed E-state index contributed by atoms with van der Waals surface area (Å²) in [6.45, 7) is 0. The van der Waals surface area contributed by atoms with Gasteiger partial charge in [-0.2, -0.15) is 0 Å². The molecule has 3 nitrogen and oxygen atoms in total. The van der Waals surface area contributed by atoms with Gasteiger partial charge in [0.25, 0.3) is 5.91 Å². The molecule has 0 saturated heterocycles. The van der Waals surface area contributed by atoms with Crippen molar-refractivity contribution in [1.29, 1.82) is 0 Å². The first-order valence-electron chi connectivity index (χ1n) is 7.65. The minimum atomic E-state index is -0.284. The minimum Gasteiger partial charge on any atom is -0.345 e. The summed E-state index contributed by atoms with van der Waals surface area (Å²) in [5.74, 6) is -0.0764. The first-order valence-corrected chi connectivity index (χ1v) is 7.65. The van der Waals surface area contributed by atoms with Gasteiger partial charge in [0.2, 0.25) is 0 Å². The molecule has 0 aliphatic carbocycles. The third-order valence-electron chi connectivity index (χ3n) is 4.35. The largest absolute Gasteiger partial charge is 0.345 e. The minimum absolute atomic E-state index is 0.0345. The monoisotopic (exact) mass is 301 g/mol. The van der Waals surface area contributed by atoms with Gasteiger partial charge in [-0.05, 0) is 22.4 Å². The highest BCUT2D eigenvalue weighted by atomic mass is 16.2. The average molecular weight is 301 g/mol. The first-order chi connectivity index (χ1) is 11.2. The summed E-state index contributed by atoms with van der Waals surface area (Å²) in [6.07, 6.45) is 0.267. The quantitative estimate of drug-likeness (QED) is 0.746. The van der Waals surface area contributed by atoms with Crippen LogP contribution >= 0.6 is 0 Å². The van der Waals surface area contributed by atoms with Crippen molar-refractivity contribution in [2.24, 2.45) is 0 Å². The van der Waals surface area contributed by atoms with E-state index >= 15 is 0 Å². The van der Waals surface area contributed by atoms with Crippen molar-refractivity contribution in [2.75, 3.05) is 0 Å². The van der Waals surface area contributed by atoms with E-state index in [1.54, 1.807) is 0 Å². The molecule has 3 heteroatoms. The van der Waals surface area contributed by atoms with Crippen molar-refractivity contribution in [3.63, 3.8) is 0 Å². The van der Waals surface area contributed by atoms with E-state index in [2.05, 4.69) is 5.32 Å². The van der Waals surface area contributed by atoms with Gasteiger partial charge in [0.1, 0.15) is 0 Å². The van der Waals surface area contributed by atoms with Crippen LogP contribution in [-0.4, -0.2) is 11.7 Å². The zero-order chi connectivity index (χ0) is 15.8. The lowest BCUT2D eigenvalue weighted by atomic mass is 9.88. The Morgan fingerprint density at radius 2 is 1.65 bits per heavy atom. The Morgan fingerprint density at radius 1 is 0.913 bits per heavy atom. The summed E-state index contributed by atoms with van der Waals surface area (Å²) >= 11 is 0. The number of hydrogen-bond donors (Lipinski definition) is 1. The van der Waals surface area contributed by atoms with E-state index in [0.717, 1.165) is 16.3 Å². The number of amides is 1. The molecule has 0 saturated carbocycles. The summed E-state index contributed by atoms with van der Waals surface area (Å²) in [6, 6.07) is 20.6. The summed E-state index contributed by atoms with van der Waals surface area (Å²) in [5, 5.41) is 4.97. The normalized spacial score (nSPS) is 16.2. The third kappa shape index (κ3) is 2.30. The smallest absolute Gasteiger partial charge is 0.252 e. The lowest BCUT2D eigenvalue weighted by molar-refractivity contribution is 0.0909. The molecule has 1 atom stereocenters. The van der Waals surface area contributed by atoms with Gasteiger partial charge in [0.05, 0.1) is 6.04 Å². The Balaban J connectivity index is 1.76. The van der Waals surface area contributed by atoms with E-state index in [1.165, 1.54) is 0 Å². The predicted molar refractivity (Wildman–Crippen MR) is 89.5 cm³/mol. The zero-order valence-corrected chi connectivity index (χ0v) is 12.5. The summed E-state index contributed by atoms with van der Waals surface area (Å²) < 4.78 is 0. The van der Waals surface area contributed by atoms with E-state index in [0.29, 0.717) is 11.1 Å². The number of carbonyl (C=O) groups is 2. The second-order valence-electron chi connectivity index (χ2n) is 5.77. The van der Waals surface area contributed by atoms with Crippen LogP contribution in [0.2, 0.25) is 0 Å². The van der Waals surface area contributed by atoms with Gasteiger partial charge in [-0.3, -0.25) is 9.59 Å². The Hall–Kier alpha value is -2.94. The number of Topliss-reactive ketones (excluding diaryl/α,β-unsaturated/α-hetero) is 1. The van der Waals surface area contributed by atoms with E-state index in [4.69, 9.17) is 0 Å². The van der Waals surface area contributed by atoms with Crippen LogP contribution in [0.1, 0.15) is 38.7 Å². The second-order valence-corrected chi connectivity index (χ2v) is 5.77. The molecular weight excluding hydrogens is 286 g/mol. The Morgan fingerprint density at radius 3 is 2.43 bits per heavy atom. The fourth-order valence-corrected chi connectivity index (χ4v) is 3.25. The molecule has 0 bridgehead atoms. The fourth-order valence-electron chi connectivity index (χ4n) is 3.25. The van der Waals surface area contributed by atoms with Crippen LogP contribution in [0.4, 0.5) is 0 Å². The molecule has 1 heterocycles. The van der Waals surface area contributed by atoms with E-state index in [1.807, 2.05) is 66.7 Å². The zero-order valence-electron chi connectivity index (χ0n) is 12.5. The van der Waals surface area contributed by atoms with Crippen LogP contribution in [0.3, 0.4) is 0 Å². The molecule has 1 aliphatic heterocycles. The third-order valence-corrected chi connectivity index (χ3v) is 4.35. The van der Waals surface area contributed by atoms with Crippen molar-refractivity contribution in [3.8, 4) is 0 Å². The van der Waals surface area contributed by atoms with Crippen LogP contribution in [0.15, 0.2) is 66.7 Å². The van der Waals surface area contributed by atoms with Crippen molar-refractivity contribution < 1.29 is 9.59 Å². The molecule has 3 aromatic carbocycles. The number of carbonyl (C=O) groups excluding carboxylic acids is 2. The van der Waals surface area contributed by atoms with Crippen molar-refractivity contribution in [1.82, 2.24) is 5.32 Å². The van der Waals surface area contributed by atoms with Crippen LogP contribution in [0, 0.1) is 0 Å². The highest BCUT2D eigenvalue weighted by Crippen LogP contribution is 2.33. The van der Waals surface area contributed by atoms with E-state index < -0.39 is 0 Å². The van der Waals surface area contributed by atoms with Gasteiger partial charge in [0, 0.05) is 17.5 Å². The van der Waals surface area contributed by atoms with Crippen molar-refractivity contribution >= 4 is 22.5 Å². The average Bonchev–Trinajstić information content (AvgIpc) is 2.60. The van der Waals surface area contributed by atoms with Crippen molar-refractivity contribution in [3.05, 3.63) is 83.4 Å². The molecule has 23 heavy (non-hydrogen) atoms. The number of benzene rings is 3. The molecule has 1 unspecified atom stereocenters. The molecule has 3 aromatic rings. The fraction of sp³-hybridized carbons (Fsp3) is 0.100. The lowest BCUT2D eigenvalue weighted by Crippen LogP contribution is -2.34. The van der Waals surface area contributed by atoms with Gasteiger partial charge >= 0.3 is 0 Å². The van der Waals surface area contributed by atoms with Crippen LogP contribution < -0.4 is 5.32 Å². The lowest BCUT2D eigenvalue weighted by Gasteiger charge is -2.26. The van der Waals surface area contributed by atoms with Crippen LogP contribution in [0.25, 0.3) is 10.8 Å². The highest BCUT2D eigenvalue weighted by molar-refractivity contribution is 6.11. The number of nitrogens with one attached hydrogen (secondary N) is 1. The summed E-state index contributed by atoms with van der Waals surface area (Å²) in [4.78, 5) is 24.9. The predicted octanol–water partition coefficient (Wildman–Crippen LogP) is 3.90. The van der Waals surface area contributed by atoms with Gasteiger partial charge in [-0.25, -0.2) is 0 Å². The molecule has 1 N–H and O–H groups in total. The molecule has 112 valence electrons. The van der Waals surface area contributed by atoms with E-state index in [-0.39, 0.29) is 24.2 Å². The molecule has 0 aromatic heterocycles. The van der Waals surface area contributed by atoms with Gasteiger partial charge in [-0.1, -0.05) is 60.7 Å². The van der Waals surface area contributed by atoms with Crippen molar-refractivity contribution in [2.45, 2.75) is 12.5 Å². The Kier molecular flexibility index (Phi) is 3.19. The van der Waals surface area contributed by atoms with Crippen LogP contribution in [0.5, 0.6) is 0 Å². The second kappa shape index (κ2) is 5.36. The molecule has 0 fully saturated rings. The molecule has 1 aliphatic rings. The van der Waals surface area contributed by atoms with Crippen LogP contribution in [-0.2, 0) is 0 Å². The number of rotatable bonds is 3. The Labute approximate surface area is 133 Å². The molecule has 1 amide bonds. The molecule has 0 radical (unpaired) electrons. The summed E-state index contributed by atoms with van der Waals surface area (Å²) in [7, 11) is 0. The summed E-state index contributed by atoms with van der Waals surface area (Å²) in [5.41, 5.74) is 2.37. The topological polar surface area (TPSA) is 46.2 Å².